The second-order valence-electron chi connectivity index (χ2n) is 4.90. The molecule has 1 amide bonds. The van der Waals surface area contributed by atoms with Crippen LogP contribution in [0.3, 0.4) is 0 Å². The first-order chi connectivity index (χ1) is 9.13. The van der Waals surface area contributed by atoms with Gasteiger partial charge >= 0.3 is 0 Å². The number of benzene rings is 1. The Morgan fingerprint density at radius 3 is 2.26 bits per heavy atom. The van der Waals surface area contributed by atoms with Gasteiger partial charge in [-0.15, -0.1) is 0 Å². The molecule has 0 aliphatic heterocycles. The zero-order chi connectivity index (χ0) is 14.3. The maximum absolute atomic E-state index is 12.1. The molecule has 0 aliphatic rings. The molecule has 1 aromatic rings. The first-order valence-corrected chi connectivity index (χ1v) is 7.31. The average Bonchev–Trinajstić information content (AvgIpc) is 2.44. The quantitative estimate of drug-likeness (QED) is 0.792. The second kappa shape index (κ2) is 7.95. The van der Waals surface area contributed by atoms with E-state index < -0.39 is 6.04 Å². The SMILES string of the molecule is CCCC[C@H](N)C(=O)Nc1c(CC)cccc1CC. The summed E-state index contributed by atoms with van der Waals surface area (Å²) in [7, 11) is 0. The lowest BCUT2D eigenvalue weighted by Crippen LogP contribution is -2.36. The fourth-order valence-electron chi connectivity index (χ4n) is 2.17. The number of unbranched alkanes of at least 4 members (excludes halogenated alkanes) is 1. The van der Waals surface area contributed by atoms with Crippen LogP contribution in [-0.2, 0) is 17.6 Å². The van der Waals surface area contributed by atoms with Crippen molar-refractivity contribution in [2.75, 3.05) is 5.32 Å². The van der Waals surface area contributed by atoms with Crippen LogP contribution in [0.1, 0.15) is 51.2 Å². The van der Waals surface area contributed by atoms with Crippen molar-refractivity contribution in [1.82, 2.24) is 0 Å². The molecule has 106 valence electrons. The van der Waals surface area contributed by atoms with Gasteiger partial charge in [-0.05, 0) is 30.4 Å². The Kier molecular flexibility index (Phi) is 6.57. The van der Waals surface area contributed by atoms with Crippen LogP contribution in [0.2, 0.25) is 0 Å². The molecule has 0 saturated heterocycles. The van der Waals surface area contributed by atoms with Crippen molar-refractivity contribution < 1.29 is 4.79 Å². The van der Waals surface area contributed by atoms with Crippen molar-refractivity contribution in [1.29, 1.82) is 0 Å². The number of nitrogens with two attached hydrogens (primary N) is 1. The lowest BCUT2D eigenvalue weighted by Gasteiger charge is -2.17. The van der Waals surface area contributed by atoms with Crippen molar-refractivity contribution in [2.45, 2.75) is 58.9 Å². The number of para-hydroxylation sites is 1. The Balaban J connectivity index is 2.83. The third-order valence-corrected chi connectivity index (χ3v) is 3.45. The van der Waals surface area contributed by atoms with Gasteiger partial charge in [-0.1, -0.05) is 51.8 Å². The van der Waals surface area contributed by atoms with Crippen LogP contribution < -0.4 is 11.1 Å². The number of carbonyl (C=O) groups is 1. The Morgan fingerprint density at radius 2 is 1.79 bits per heavy atom. The molecule has 0 heterocycles. The highest BCUT2D eigenvalue weighted by Gasteiger charge is 2.15. The van der Waals surface area contributed by atoms with Gasteiger partial charge in [0.25, 0.3) is 0 Å². The number of aryl methyl sites for hydroxylation is 2. The van der Waals surface area contributed by atoms with E-state index in [2.05, 4.69) is 38.2 Å². The second-order valence-corrected chi connectivity index (χ2v) is 4.90. The van der Waals surface area contributed by atoms with E-state index in [1.54, 1.807) is 0 Å². The minimum absolute atomic E-state index is 0.0657. The van der Waals surface area contributed by atoms with Gasteiger partial charge in [0.1, 0.15) is 0 Å². The summed E-state index contributed by atoms with van der Waals surface area (Å²) in [6.45, 7) is 6.30. The molecular weight excluding hydrogens is 236 g/mol. The van der Waals surface area contributed by atoms with Crippen LogP contribution in [-0.4, -0.2) is 11.9 Å². The zero-order valence-corrected chi connectivity index (χ0v) is 12.3. The minimum atomic E-state index is -0.408. The Hall–Kier alpha value is -1.35. The summed E-state index contributed by atoms with van der Waals surface area (Å²) < 4.78 is 0. The van der Waals surface area contributed by atoms with Crippen LogP contribution in [0.4, 0.5) is 5.69 Å². The van der Waals surface area contributed by atoms with Crippen LogP contribution in [0, 0.1) is 0 Å². The third-order valence-electron chi connectivity index (χ3n) is 3.45. The number of hydrogen-bond acceptors (Lipinski definition) is 2. The molecule has 0 aromatic heterocycles. The number of hydrogen-bond donors (Lipinski definition) is 2. The van der Waals surface area contributed by atoms with Crippen molar-refractivity contribution >= 4 is 11.6 Å². The molecule has 0 radical (unpaired) electrons. The molecule has 1 atom stereocenters. The standard InChI is InChI=1S/C16H26N2O/c1-4-7-11-14(17)16(19)18-15-12(5-2)9-8-10-13(15)6-3/h8-10,14H,4-7,11,17H2,1-3H3,(H,18,19)/t14-/m0/s1. The van der Waals surface area contributed by atoms with E-state index in [0.29, 0.717) is 0 Å². The van der Waals surface area contributed by atoms with Gasteiger partial charge < -0.3 is 11.1 Å². The summed E-state index contributed by atoms with van der Waals surface area (Å²) in [6, 6.07) is 5.76. The zero-order valence-electron chi connectivity index (χ0n) is 12.3. The fourth-order valence-corrected chi connectivity index (χ4v) is 2.17. The van der Waals surface area contributed by atoms with Crippen molar-refractivity contribution in [3.05, 3.63) is 29.3 Å². The van der Waals surface area contributed by atoms with Crippen LogP contribution >= 0.6 is 0 Å². The van der Waals surface area contributed by atoms with Crippen molar-refractivity contribution in [3.8, 4) is 0 Å². The first kappa shape index (κ1) is 15.7. The van der Waals surface area contributed by atoms with Crippen LogP contribution in [0.25, 0.3) is 0 Å². The summed E-state index contributed by atoms with van der Waals surface area (Å²) in [6.07, 6.45) is 4.62. The summed E-state index contributed by atoms with van der Waals surface area (Å²) >= 11 is 0. The van der Waals surface area contributed by atoms with Gasteiger partial charge in [0, 0.05) is 5.69 Å². The van der Waals surface area contributed by atoms with E-state index in [0.717, 1.165) is 37.8 Å². The first-order valence-electron chi connectivity index (χ1n) is 7.31. The molecule has 19 heavy (non-hydrogen) atoms. The van der Waals surface area contributed by atoms with Crippen LogP contribution in [0.15, 0.2) is 18.2 Å². The van der Waals surface area contributed by atoms with E-state index in [-0.39, 0.29) is 5.91 Å². The average molecular weight is 262 g/mol. The van der Waals surface area contributed by atoms with Gasteiger partial charge in [0.15, 0.2) is 0 Å². The summed E-state index contributed by atoms with van der Waals surface area (Å²) in [5, 5.41) is 3.03. The summed E-state index contributed by atoms with van der Waals surface area (Å²) in [5.74, 6) is -0.0657. The van der Waals surface area contributed by atoms with Gasteiger partial charge in [-0.3, -0.25) is 4.79 Å². The topological polar surface area (TPSA) is 55.1 Å². The van der Waals surface area contributed by atoms with Gasteiger partial charge in [-0.2, -0.15) is 0 Å². The smallest absolute Gasteiger partial charge is 0.241 e. The lowest BCUT2D eigenvalue weighted by molar-refractivity contribution is -0.117. The Morgan fingerprint density at radius 1 is 1.21 bits per heavy atom. The van der Waals surface area contributed by atoms with E-state index in [4.69, 9.17) is 5.73 Å². The number of nitrogens with one attached hydrogen (secondary N) is 1. The highest BCUT2D eigenvalue weighted by atomic mass is 16.2. The highest BCUT2D eigenvalue weighted by Crippen LogP contribution is 2.22. The molecule has 0 bridgehead atoms. The van der Waals surface area contributed by atoms with Gasteiger partial charge in [0.2, 0.25) is 5.91 Å². The molecular formula is C16H26N2O. The molecule has 3 N–H and O–H groups in total. The van der Waals surface area contributed by atoms with E-state index in [1.165, 1.54) is 11.1 Å². The highest BCUT2D eigenvalue weighted by molar-refractivity contribution is 5.96. The molecule has 0 spiro atoms. The molecule has 1 aromatic carbocycles. The largest absolute Gasteiger partial charge is 0.324 e. The third kappa shape index (κ3) is 4.35. The molecule has 0 unspecified atom stereocenters. The van der Waals surface area contributed by atoms with Crippen molar-refractivity contribution in [2.24, 2.45) is 5.73 Å². The molecule has 3 heteroatoms. The predicted octanol–water partition coefficient (Wildman–Crippen LogP) is 3.27. The van der Waals surface area contributed by atoms with E-state index in [1.807, 2.05) is 6.07 Å². The lowest BCUT2D eigenvalue weighted by atomic mass is 10.0. The fraction of sp³-hybridized carbons (Fsp3) is 0.562. The molecule has 0 saturated carbocycles. The Bertz CT molecular complexity index is 393. The predicted molar refractivity (Wildman–Crippen MR) is 81.3 cm³/mol. The molecule has 0 fully saturated rings. The minimum Gasteiger partial charge on any atom is -0.324 e. The number of anilines is 1. The maximum Gasteiger partial charge on any atom is 0.241 e. The van der Waals surface area contributed by atoms with E-state index in [9.17, 15) is 4.79 Å². The summed E-state index contributed by atoms with van der Waals surface area (Å²) in [5.41, 5.74) is 9.24. The Labute approximate surface area is 116 Å². The van der Waals surface area contributed by atoms with Crippen LogP contribution in [0.5, 0.6) is 0 Å². The summed E-state index contributed by atoms with van der Waals surface area (Å²) in [4.78, 5) is 12.1. The molecule has 1 rings (SSSR count). The number of amides is 1. The maximum atomic E-state index is 12.1. The monoisotopic (exact) mass is 262 g/mol. The number of carbonyl (C=O) groups excluding carboxylic acids is 1. The number of rotatable bonds is 7. The van der Waals surface area contributed by atoms with E-state index >= 15 is 0 Å². The van der Waals surface area contributed by atoms with Crippen molar-refractivity contribution in [3.63, 3.8) is 0 Å². The molecule has 3 nitrogen and oxygen atoms in total. The van der Waals surface area contributed by atoms with Gasteiger partial charge in [0.05, 0.1) is 6.04 Å². The normalized spacial score (nSPS) is 12.2. The molecule has 0 aliphatic carbocycles. The van der Waals surface area contributed by atoms with Gasteiger partial charge in [-0.25, -0.2) is 0 Å².